The predicted molar refractivity (Wildman–Crippen MR) is 96.2 cm³/mol. The van der Waals surface area contributed by atoms with Crippen molar-refractivity contribution in [2.75, 3.05) is 7.05 Å². The van der Waals surface area contributed by atoms with E-state index < -0.39 is 0 Å². The third-order valence-corrected chi connectivity index (χ3v) is 4.25. The largest absolute Gasteiger partial charge is 0.334 e. The van der Waals surface area contributed by atoms with Crippen LogP contribution < -0.4 is 5.32 Å². The van der Waals surface area contributed by atoms with Crippen LogP contribution in [0.4, 0.5) is 4.79 Å². The molecular formula is C19H21N5O. The van der Waals surface area contributed by atoms with Crippen molar-refractivity contribution < 1.29 is 4.79 Å². The first-order chi connectivity index (χ1) is 12.1. The van der Waals surface area contributed by atoms with Gasteiger partial charge in [-0.2, -0.15) is 5.10 Å². The first-order valence-electron chi connectivity index (χ1n) is 8.14. The third kappa shape index (κ3) is 4.03. The number of hydrogen-bond acceptors (Lipinski definition) is 3. The van der Waals surface area contributed by atoms with Gasteiger partial charge in [0.25, 0.3) is 0 Å². The zero-order valence-electron chi connectivity index (χ0n) is 14.3. The minimum atomic E-state index is -0.100. The van der Waals surface area contributed by atoms with Gasteiger partial charge in [0.2, 0.25) is 0 Å². The SMILES string of the molecule is C[C@@H](c1ccc(-n2cncn2)cc1)N(C)C(=O)NCc1ccccc1. The van der Waals surface area contributed by atoms with E-state index in [1.54, 1.807) is 23.0 Å². The number of nitrogens with zero attached hydrogens (tertiary/aromatic N) is 4. The van der Waals surface area contributed by atoms with Crippen LogP contribution in [0.5, 0.6) is 0 Å². The lowest BCUT2D eigenvalue weighted by atomic mass is 10.1. The summed E-state index contributed by atoms with van der Waals surface area (Å²) in [6.45, 7) is 2.52. The van der Waals surface area contributed by atoms with Crippen molar-refractivity contribution in [1.29, 1.82) is 0 Å². The molecule has 6 heteroatoms. The topological polar surface area (TPSA) is 63.1 Å². The summed E-state index contributed by atoms with van der Waals surface area (Å²) in [5, 5.41) is 7.06. The molecule has 0 unspecified atom stereocenters. The van der Waals surface area contributed by atoms with Gasteiger partial charge in [-0.1, -0.05) is 42.5 Å². The van der Waals surface area contributed by atoms with E-state index in [9.17, 15) is 4.79 Å². The number of nitrogens with one attached hydrogen (secondary N) is 1. The lowest BCUT2D eigenvalue weighted by molar-refractivity contribution is 0.194. The highest BCUT2D eigenvalue weighted by atomic mass is 16.2. The molecule has 0 saturated carbocycles. The van der Waals surface area contributed by atoms with E-state index in [2.05, 4.69) is 15.4 Å². The fourth-order valence-corrected chi connectivity index (χ4v) is 2.54. The van der Waals surface area contributed by atoms with Gasteiger partial charge in [0, 0.05) is 13.6 Å². The maximum atomic E-state index is 12.4. The third-order valence-electron chi connectivity index (χ3n) is 4.25. The van der Waals surface area contributed by atoms with Gasteiger partial charge in [-0.05, 0) is 30.2 Å². The van der Waals surface area contributed by atoms with Crippen molar-refractivity contribution in [3.63, 3.8) is 0 Å². The lowest BCUT2D eigenvalue weighted by Gasteiger charge is -2.25. The molecule has 1 aromatic heterocycles. The first kappa shape index (κ1) is 16.7. The predicted octanol–water partition coefficient (Wildman–Crippen LogP) is 3.17. The summed E-state index contributed by atoms with van der Waals surface area (Å²) in [5.74, 6) is 0. The Hall–Kier alpha value is -3.15. The van der Waals surface area contributed by atoms with Crippen molar-refractivity contribution >= 4 is 6.03 Å². The standard InChI is InChI=1S/C19H21N5O/c1-15(17-8-10-18(11-9-17)24-14-20-13-22-24)23(2)19(25)21-12-16-6-4-3-5-7-16/h3-11,13-15H,12H2,1-2H3,(H,21,25)/t15-/m0/s1. The number of amides is 2. The van der Waals surface area contributed by atoms with Crippen LogP contribution in [0.15, 0.2) is 67.3 Å². The molecule has 0 aliphatic rings. The number of carbonyl (C=O) groups excluding carboxylic acids is 1. The van der Waals surface area contributed by atoms with Gasteiger partial charge in [-0.25, -0.2) is 14.5 Å². The van der Waals surface area contributed by atoms with Crippen LogP contribution in [-0.4, -0.2) is 32.7 Å². The summed E-state index contributed by atoms with van der Waals surface area (Å²) < 4.78 is 1.70. The number of rotatable bonds is 5. The fourth-order valence-electron chi connectivity index (χ4n) is 2.54. The molecule has 0 radical (unpaired) electrons. The van der Waals surface area contributed by atoms with Crippen LogP contribution >= 0.6 is 0 Å². The lowest BCUT2D eigenvalue weighted by Crippen LogP contribution is -2.38. The molecule has 1 N–H and O–H groups in total. The number of hydrogen-bond donors (Lipinski definition) is 1. The van der Waals surface area contributed by atoms with Gasteiger partial charge in [0.15, 0.2) is 0 Å². The molecule has 128 valence electrons. The average molecular weight is 335 g/mol. The Bertz CT molecular complexity index is 800. The van der Waals surface area contributed by atoms with Crippen molar-refractivity contribution in [2.24, 2.45) is 0 Å². The second kappa shape index (κ2) is 7.61. The van der Waals surface area contributed by atoms with Crippen LogP contribution in [0.3, 0.4) is 0 Å². The Morgan fingerprint density at radius 1 is 1.16 bits per heavy atom. The average Bonchev–Trinajstić information content (AvgIpc) is 3.20. The van der Waals surface area contributed by atoms with Gasteiger partial charge in [-0.3, -0.25) is 0 Å². The van der Waals surface area contributed by atoms with Crippen molar-refractivity contribution in [1.82, 2.24) is 25.0 Å². The summed E-state index contributed by atoms with van der Waals surface area (Å²) in [4.78, 5) is 18.0. The highest BCUT2D eigenvalue weighted by molar-refractivity contribution is 5.74. The molecule has 0 aliphatic heterocycles. The quantitative estimate of drug-likeness (QED) is 0.779. The smallest absolute Gasteiger partial charge is 0.317 e. The van der Waals surface area contributed by atoms with E-state index in [0.29, 0.717) is 6.54 Å². The molecule has 0 fully saturated rings. The number of benzene rings is 2. The van der Waals surface area contributed by atoms with E-state index in [1.165, 1.54) is 6.33 Å². The Morgan fingerprint density at radius 2 is 1.88 bits per heavy atom. The van der Waals surface area contributed by atoms with E-state index >= 15 is 0 Å². The molecular weight excluding hydrogens is 314 g/mol. The summed E-state index contributed by atoms with van der Waals surface area (Å²) in [6, 6.07) is 17.7. The van der Waals surface area contributed by atoms with Crippen LogP contribution in [0.1, 0.15) is 24.1 Å². The van der Waals surface area contributed by atoms with Crippen LogP contribution in [0.25, 0.3) is 5.69 Å². The minimum absolute atomic E-state index is 0.0411. The zero-order valence-corrected chi connectivity index (χ0v) is 14.3. The molecule has 2 aromatic carbocycles. The molecule has 2 amide bonds. The first-order valence-corrected chi connectivity index (χ1v) is 8.14. The Labute approximate surface area is 147 Å². The normalized spacial score (nSPS) is 11.8. The van der Waals surface area contributed by atoms with Gasteiger partial charge in [0.05, 0.1) is 11.7 Å². The second-order valence-corrected chi connectivity index (χ2v) is 5.86. The summed E-state index contributed by atoms with van der Waals surface area (Å²) in [5.41, 5.74) is 3.07. The van der Waals surface area contributed by atoms with E-state index in [-0.39, 0.29) is 12.1 Å². The zero-order chi connectivity index (χ0) is 17.6. The van der Waals surface area contributed by atoms with Crippen molar-refractivity contribution in [3.05, 3.63) is 78.4 Å². The maximum Gasteiger partial charge on any atom is 0.317 e. The van der Waals surface area contributed by atoms with Crippen LogP contribution in [-0.2, 0) is 6.54 Å². The fraction of sp³-hybridized carbons (Fsp3) is 0.211. The molecule has 0 saturated heterocycles. The van der Waals surface area contributed by atoms with Gasteiger partial charge in [0.1, 0.15) is 12.7 Å². The maximum absolute atomic E-state index is 12.4. The molecule has 6 nitrogen and oxygen atoms in total. The van der Waals surface area contributed by atoms with Crippen LogP contribution in [0.2, 0.25) is 0 Å². The second-order valence-electron chi connectivity index (χ2n) is 5.86. The van der Waals surface area contributed by atoms with E-state index in [1.807, 2.05) is 61.5 Å². The van der Waals surface area contributed by atoms with Crippen LogP contribution in [0, 0.1) is 0 Å². The monoisotopic (exact) mass is 335 g/mol. The van der Waals surface area contributed by atoms with E-state index in [0.717, 1.165) is 16.8 Å². The number of carbonyl (C=O) groups is 1. The molecule has 3 rings (SSSR count). The Kier molecular flexibility index (Phi) is 5.09. The molecule has 25 heavy (non-hydrogen) atoms. The Morgan fingerprint density at radius 3 is 2.52 bits per heavy atom. The molecule has 3 aromatic rings. The summed E-state index contributed by atoms with van der Waals surface area (Å²) in [6.07, 6.45) is 3.16. The summed E-state index contributed by atoms with van der Waals surface area (Å²) >= 11 is 0. The number of urea groups is 1. The highest BCUT2D eigenvalue weighted by Crippen LogP contribution is 2.20. The molecule has 1 atom stereocenters. The minimum Gasteiger partial charge on any atom is -0.334 e. The molecule has 0 bridgehead atoms. The number of aromatic nitrogens is 3. The molecule has 0 aliphatic carbocycles. The highest BCUT2D eigenvalue weighted by Gasteiger charge is 2.17. The molecule has 0 spiro atoms. The van der Waals surface area contributed by atoms with Gasteiger partial charge >= 0.3 is 6.03 Å². The van der Waals surface area contributed by atoms with Crippen molar-refractivity contribution in [2.45, 2.75) is 19.5 Å². The van der Waals surface area contributed by atoms with Gasteiger partial charge < -0.3 is 10.2 Å². The Balaban J connectivity index is 1.61. The summed E-state index contributed by atoms with van der Waals surface area (Å²) in [7, 11) is 1.80. The molecule has 1 heterocycles. The van der Waals surface area contributed by atoms with Gasteiger partial charge in [-0.15, -0.1) is 0 Å². The van der Waals surface area contributed by atoms with E-state index in [4.69, 9.17) is 0 Å². The van der Waals surface area contributed by atoms with Crippen molar-refractivity contribution in [3.8, 4) is 5.69 Å².